The van der Waals surface area contributed by atoms with Crippen molar-refractivity contribution in [3.05, 3.63) is 65.9 Å². The van der Waals surface area contributed by atoms with Crippen LogP contribution in [0.25, 0.3) is 11.3 Å². The summed E-state index contributed by atoms with van der Waals surface area (Å²) >= 11 is 0. The minimum atomic E-state index is -0.342. The van der Waals surface area contributed by atoms with E-state index >= 15 is 0 Å². The molecule has 2 aromatic carbocycles. The number of aryl methyl sites for hydroxylation is 1. The Morgan fingerprint density at radius 2 is 1.92 bits per heavy atom. The van der Waals surface area contributed by atoms with Crippen molar-refractivity contribution in [2.75, 3.05) is 10.6 Å². The highest BCUT2D eigenvalue weighted by atomic mass is 16.5. The molecule has 0 radical (unpaired) electrons. The van der Waals surface area contributed by atoms with Crippen LogP contribution in [0.4, 0.5) is 11.4 Å². The van der Waals surface area contributed by atoms with E-state index in [4.69, 9.17) is 4.52 Å². The van der Waals surface area contributed by atoms with E-state index in [-0.39, 0.29) is 17.5 Å². The van der Waals surface area contributed by atoms with Gasteiger partial charge in [-0.25, -0.2) is 0 Å². The second-order valence-electron chi connectivity index (χ2n) is 5.82. The van der Waals surface area contributed by atoms with Crippen molar-refractivity contribution in [1.82, 2.24) is 5.16 Å². The number of carbonyl (C=O) groups is 2. The van der Waals surface area contributed by atoms with Gasteiger partial charge >= 0.3 is 0 Å². The van der Waals surface area contributed by atoms with Gasteiger partial charge in [0.15, 0.2) is 11.5 Å². The molecule has 0 fully saturated rings. The number of fused-ring (bicyclic) bond motifs is 1. The zero-order chi connectivity index (χ0) is 17.2. The van der Waals surface area contributed by atoms with Crippen LogP contribution in [-0.2, 0) is 11.2 Å². The third kappa shape index (κ3) is 3.14. The van der Waals surface area contributed by atoms with Crippen LogP contribution in [0, 0.1) is 0 Å². The summed E-state index contributed by atoms with van der Waals surface area (Å²) in [7, 11) is 0. The van der Waals surface area contributed by atoms with Crippen LogP contribution < -0.4 is 10.6 Å². The van der Waals surface area contributed by atoms with Crippen LogP contribution in [0.5, 0.6) is 0 Å². The number of amides is 2. The van der Waals surface area contributed by atoms with Crippen LogP contribution in [0.15, 0.2) is 59.1 Å². The zero-order valence-corrected chi connectivity index (χ0v) is 13.3. The molecule has 25 heavy (non-hydrogen) atoms. The van der Waals surface area contributed by atoms with Gasteiger partial charge in [0, 0.05) is 29.4 Å². The van der Waals surface area contributed by atoms with Gasteiger partial charge < -0.3 is 15.2 Å². The maximum atomic E-state index is 12.4. The molecule has 0 atom stereocenters. The summed E-state index contributed by atoms with van der Waals surface area (Å²) in [6.07, 6.45) is 1.11. The van der Waals surface area contributed by atoms with E-state index in [0.29, 0.717) is 24.3 Å². The molecule has 0 saturated heterocycles. The Morgan fingerprint density at radius 3 is 2.76 bits per heavy atom. The molecule has 0 bridgehead atoms. The summed E-state index contributed by atoms with van der Waals surface area (Å²) in [6.45, 7) is 0. The Hall–Kier alpha value is -3.41. The van der Waals surface area contributed by atoms with Gasteiger partial charge in [-0.05, 0) is 30.2 Å². The molecule has 4 rings (SSSR count). The molecule has 1 aliphatic heterocycles. The van der Waals surface area contributed by atoms with Crippen LogP contribution in [-0.4, -0.2) is 17.0 Å². The first-order chi connectivity index (χ1) is 12.2. The topological polar surface area (TPSA) is 84.2 Å². The summed E-state index contributed by atoms with van der Waals surface area (Å²) in [5.41, 5.74) is 3.53. The maximum absolute atomic E-state index is 12.4. The Bertz CT molecular complexity index is 948. The molecule has 124 valence electrons. The minimum absolute atomic E-state index is 0.0142. The van der Waals surface area contributed by atoms with Gasteiger partial charge in [-0.1, -0.05) is 35.5 Å². The molecule has 2 N–H and O–H groups in total. The van der Waals surface area contributed by atoms with Gasteiger partial charge in [0.25, 0.3) is 5.91 Å². The molecule has 1 aromatic heterocycles. The van der Waals surface area contributed by atoms with E-state index in [1.54, 1.807) is 18.2 Å². The Morgan fingerprint density at radius 1 is 1.08 bits per heavy atom. The molecule has 6 nitrogen and oxygen atoms in total. The van der Waals surface area contributed by atoms with Crippen molar-refractivity contribution >= 4 is 23.2 Å². The number of hydrogen-bond donors (Lipinski definition) is 2. The van der Waals surface area contributed by atoms with Crippen LogP contribution in [0.1, 0.15) is 22.5 Å². The van der Waals surface area contributed by atoms with Crippen molar-refractivity contribution < 1.29 is 14.1 Å². The van der Waals surface area contributed by atoms with Crippen molar-refractivity contribution in [2.24, 2.45) is 0 Å². The number of carbonyl (C=O) groups excluding carboxylic acids is 2. The van der Waals surface area contributed by atoms with Crippen molar-refractivity contribution in [3.8, 4) is 11.3 Å². The second-order valence-corrected chi connectivity index (χ2v) is 5.82. The molecule has 0 aliphatic carbocycles. The predicted molar refractivity (Wildman–Crippen MR) is 93.3 cm³/mol. The quantitative estimate of drug-likeness (QED) is 0.768. The second kappa shape index (κ2) is 6.24. The number of nitrogens with zero attached hydrogens (tertiary/aromatic N) is 1. The number of anilines is 2. The lowest BCUT2D eigenvalue weighted by Gasteiger charge is -2.17. The molecule has 0 unspecified atom stereocenters. The summed E-state index contributed by atoms with van der Waals surface area (Å²) in [6, 6.07) is 16.5. The number of benzene rings is 2. The van der Waals surface area contributed by atoms with Gasteiger partial charge in [-0.15, -0.1) is 0 Å². The molecule has 3 aromatic rings. The van der Waals surface area contributed by atoms with Gasteiger partial charge in [0.05, 0.1) is 0 Å². The van der Waals surface area contributed by atoms with E-state index in [2.05, 4.69) is 15.8 Å². The number of hydrogen-bond acceptors (Lipinski definition) is 4. The first-order valence-electron chi connectivity index (χ1n) is 7.95. The molecule has 2 amide bonds. The molecule has 6 heteroatoms. The molecular formula is C19H15N3O3. The molecular weight excluding hydrogens is 318 g/mol. The molecule has 0 spiro atoms. The van der Waals surface area contributed by atoms with Gasteiger partial charge in [0.2, 0.25) is 5.91 Å². The number of rotatable bonds is 3. The summed E-state index contributed by atoms with van der Waals surface area (Å²) in [4.78, 5) is 23.8. The Labute approximate surface area is 143 Å². The highest BCUT2D eigenvalue weighted by Gasteiger charge is 2.17. The minimum Gasteiger partial charge on any atom is -0.355 e. The number of aromatic nitrogens is 1. The van der Waals surface area contributed by atoms with E-state index < -0.39 is 0 Å². The van der Waals surface area contributed by atoms with Crippen molar-refractivity contribution in [1.29, 1.82) is 0 Å². The van der Waals surface area contributed by atoms with Gasteiger partial charge in [0.1, 0.15) is 0 Å². The summed E-state index contributed by atoms with van der Waals surface area (Å²) in [5, 5.41) is 9.47. The summed E-state index contributed by atoms with van der Waals surface area (Å²) in [5.74, 6) is 0.213. The van der Waals surface area contributed by atoms with Gasteiger partial charge in [-0.3, -0.25) is 9.59 Å². The van der Waals surface area contributed by atoms with E-state index in [9.17, 15) is 9.59 Å². The average molecular weight is 333 g/mol. The third-order valence-electron chi connectivity index (χ3n) is 4.06. The zero-order valence-electron chi connectivity index (χ0n) is 13.3. The van der Waals surface area contributed by atoms with Crippen molar-refractivity contribution in [2.45, 2.75) is 12.8 Å². The predicted octanol–water partition coefficient (Wildman–Crippen LogP) is 3.48. The Kier molecular flexibility index (Phi) is 3.78. The van der Waals surface area contributed by atoms with E-state index in [0.717, 1.165) is 16.8 Å². The molecule has 2 heterocycles. The van der Waals surface area contributed by atoms with E-state index in [1.165, 1.54) is 0 Å². The fourth-order valence-corrected chi connectivity index (χ4v) is 2.78. The van der Waals surface area contributed by atoms with Crippen LogP contribution in [0.2, 0.25) is 0 Å². The highest BCUT2D eigenvalue weighted by Crippen LogP contribution is 2.26. The standard InChI is InChI=1S/C19H15N3O3/c23-18-9-6-13-10-14(7-8-15(13)21-18)20-19(24)16-11-17(25-22-16)12-4-2-1-3-5-12/h1-5,7-8,10-11H,6,9H2,(H,20,24)(H,21,23). The largest absolute Gasteiger partial charge is 0.355 e. The van der Waals surface area contributed by atoms with Crippen LogP contribution in [0.3, 0.4) is 0 Å². The SMILES string of the molecule is O=C1CCc2cc(NC(=O)c3cc(-c4ccccc4)on3)ccc2N1. The number of nitrogens with one attached hydrogen (secondary N) is 2. The third-order valence-corrected chi connectivity index (χ3v) is 4.06. The van der Waals surface area contributed by atoms with Crippen molar-refractivity contribution in [3.63, 3.8) is 0 Å². The maximum Gasteiger partial charge on any atom is 0.277 e. The molecule has 1 aliphatic rings. The van der Waals surface area contributed by atoms with Crippen LogP contribution >= 0.6 is 0 Å². The smallest absolute Gasteiger partial charge is 0.277 e. The fourth-order valence-electron chi connectivity index (χ4n) is 2.78. The molecule has 0 saturated carbocycles. The lowest BCUT2D eigenvalue weighted by Crippen LogP contribution is -2.19. The monoisotopic (exact) mass is 333 g/mol. The normalized spacial score (nSPS) is 13.0. The lowest BCUT2D eigenvalue weighted by molar-refractivity contribution is -0.116. The lowest BCUT2D eigenvalue weighted by atomic mass is 10.0. The fraction of sp³-hybridized carbons (Fsp3) is 0.105. The highest BCUT2D eigenvalue weighted by molar-refractivity contribution is 6.03. The Balaban J connectivity index is 1.51. The summed E-state index contributed by atoms with van der Waals surface area (Å²) < 4.78 is 5.25. The average Bonchev–Trinajstić information content (AvgIpc) is 3.13. The first kappa shape index (κ1) is 15.1. The van der Waals surface area contributed by atoms with E-state index in [1.807, 2.05) is 36.4 Å². The first-order valence-corrected chi connectivity index (χ1v) is 7.95. The van der Waals surface area contributed by atoms with Gasteiger partial charge in [-0.2, -0.15) is 0 Å².